The number of nitrogens with one attached hydrogen (secondary N) is 1. The van der Waals surface area contributed by atoms with Crippen molar-refractivity contribution in [2.45, 2.75) is 13.5 Å². The van der Waals surface area contributed by atoms with Crippen LogP contribution in [0.1, 0.15) is 12.5 Å². The maximum Gasteiger partial charge on any atom is 0.221 e. The third-order valence-corrected chi connectivity index (χ3v) is 3.02. The summed E-state index contributed by atoms with van der Waals surface area (Å²) < 4.78 is 10.9. The molecule has 0 fully saturated rings. The van der Waals surface area contributed by atoms with E-state index in [0.29, 0.717) is 23.1 Å². The lowest BCUT2D eigenvalue weighted by atomic mass is 10.2. The van der Waals surface area contributed by atoms with Crippen LogP contribution in [-0.4, -0.2) is 13.0 Å². The Balaban J connectivity index is 2.13. The third-order valence-electron chi connectivity index (χ3n) is 2.78. The Kier molecular flexibility index (Phi) is 5.06. The summed E-state index contributed by atoms with van der Waals surface area (Å²) in [6.45, 7) is 1.80. The van der Waals surface area contributed by atoms with Crippen LogP contribution < -0.4 is 14.8 Å². The molecule has 110 valence electrons. The average Bonchev–Trinajstić information content (AvgIpc) is 2.46. The summed E-state index contributed by atoms with van der Waals surface area (Å²) in [5.41, 5.74) is 1.52. The van der Waals surface area contributed by atoms with Gasteiger partial charge in [0, 0.05) is 11.9 Å². The fourth-order valence-electron chi connectivity index (χ4n) is 1.84. The molecule has 0 aliphatic rings. The molecule has 2 aromatic rings. The van der Waals surface area contributed by atoms with Gasteiger partial charge in [0.2, 0.25) is 5.91 Å². The molecule has 0 heterocycles. The maximum absolute atomic E-state index is 11.2. The van der Waals surface area contributed by atoms with Gasteiger partial charge in [0.1, 0.15) is 18.1 Å². The number of amides is 1. The highest BCUT2D eigenvalue weighted by Crippen LogP contribution is 2.29. The van der Waals surface area contributed by atoms with Crippen molar-refractivity contribution in [1.29, 1.82) is 0 Å². The molecule has 0 atom stereocenters. The molecule has 5 heteroatoms. The SMILES string of the molecule is COc1cccc(COc2ccc(Cl)cc2NC(C)=O)c1. The Morgan fingerprint density at radius 3 is 2.76 bits per heavy atom. The van der Waals surface area contributed by atoms with Gasteiger partial charge in [0.25, 0.3) is 0 Å². The topological polar surface area (TPSA) is 47.6 Å². The highest BCUT2D eigenvalue weighted by atomic mass is 35.5. The van der Waals surface area contributed by atoms with Gasteiger partial charge in [-0.15, -0.1) is 0 Å². The molecule has 0 aliphatic carbocycles. The zero-order valence-corrected chi connectivity index (χ0v) is 12.6. The molecule has 2 aromatic carbocycles. The number of rotatable bonds is 5. The van der Waals surface area contributed by atoms with E-state index in [1.807, 2.05) is 24.3 Å². The molecule has 0 saturated heterocycles. The number of hydrogen-bond acceptors (Lipinski definition) is 3. The van der Waals surface area contributed by atoms with Crippen molar-refractivity contribution < 1.29 is 14.3 Å². The molecule has 1 N–H and O–H groups in total. The van der Waals surface area contributed by atoms with E-state index in [2.05, 4.69) is 5.32 Å². The largest absolute Gasteiger partial charge is 0.497 e. The molecule has 4 nitrogen and oxygen atoms in total. The molecule has 0 radical (unpaired) electrons. The Bertz CT molecular complexity index is 643. The third kappa shape index (κ3) is 4.39. The summed E-state index contributed by atoms with van der Waals surface area (Å²) in [5, 5.41) is 3.23. The number of carbonyl (C=O) groups is 1. The first-order valence-corrected chi connectivity index (χ1v) is 6.79. The number of carbonyl (C=O) groups excluding carboxylic acids is 1. The lowest BCUT2D eigenvalue weighted by Crippen LogP contribution is -2.08. The summed E-state index contributed by atoms with van der Waals surface area (Å²) in [7, 11) is 1.62. The molecule has 0 unspecified atom stereocenters. The lowest BCUT2D eigenvalue weighted by Gasteiger charge is -2.12. The Morgan fingerprint density at radius 2 is 2.05 bits per heavy atom. The first-order chi connectivity index (χ1) is 10.1. The first kappa shape index (κ1) is 15.2. The highest BCUT2D eigenvalue weighted by molar-refractivity contribution is 6.31. The number of methoxy groups -OCH3 is 1. The fraction of sp³-hybridized carbons (Fsp3) is 0.188. The van der Waals surface area contributed by atoms with E-state index in [0.717, 1.165) is 11.3 Å². The summed E-state index contributed by atoms with van der Waals surface area (Å²) in [6, 6.07) is 12.7. The van der Waals surface area contributed by atoms with Crippen LogP contribution in [0.4, 0.5) is 5.69 Å². The van der Waals surface area contributed by atoms with Gasteiger partial charge in [-0.2, -0.15) is 0 Å². The highest BCUT2D eigenvalue weighted by Gasteiger charge is 2.07. The Hall–Kier alpha value is -2.20. The van der Waals surface area contributed by atoms with Crippen molar-refractivity contribution in [3.8, 4) is 11.5 Å². The molecule has 0 spiro atoms. The number of halogens is 1. The molecule has 0 saturated carbocycles. The lowest BCUT2D eigenvalue weighted by molar-refractivity contribution is -0.114. The maximum atomic E-state index is 11.2. The second kappa shape index (κ2) is 6.99. The zero-order valence-electron chi connectivity index (χ0n) is 11.9. The van der Waals surface area contributed by atoms with Crippen LogP contribution in [0.3, 0.4) is 0 Å². The van der Waals surface area contributed by atoms with Gasteiger partial charge in [0.15, 0.2) is 0 Å². The van der Waals surface area contributed by atoms with E-state index >= 15 is 0 Å². The van der Waals surface area contributed by atoms with E-state index < -0.39 is 0 Å². The van der Waals surface area contributed by atoms with Crippen LogP contribution >= 0.6 is 11.6 Å². The van der Waals surface area contributed by atoms with Gasteiger partial charge < -0.3 is 14.8 Å². The predicted molar refractivity (Wildman–Crippen MR) is 83.1 cm³/mol. The minimum absolute atomic E-state index is 0.177. The van der Waals surface area contributed by atoms with E-state index in [1.54, 1.807) is 25.3 Å². The number of ether oxygens (including phenoxy) is 2. The molecule has 0 aliphatic heterocycles. The predicted octanol–water partition coefficient (Wildman–Crippen LogP) is 3.89. The van der Waals surface area contributed by atoms with Crippen LogP contribution in [0.15, 0.2) is 42.5 Å². The summed E-state index contributed by atoms with van der Waals surface area (Å²) >= 11 is 5.93. The van der Waals surface area contributed by atoms with Crippen molar-refractivity contribution in [1.82, 2.24) is 0 Å². The van der Waals surface area contributed by atoms with E-state index in [-0.39, 0.29) is 5.91 Å². The van der Waals surface area contributed by atoms with E-state index in [1.165, 1.54) is 6.92 Å². The Morgan fingerprint density at radius 1 is 1.24 bits per heavy atom. The zero-order chi connectivity index (χ0) is 15.2. The van der Waals surface area contributed by atoms with Crippen molar-refractivity contribution >= 4 is 23.2 Å². The van der Waals surface area contributed by atoms with E-state index in [4.69, 9.17) is 21.1 Å². The summed E-state index contributed by atoms with van der Waals surface area (Å²) in [4.78, 5) is 11.2. The molecule has 2 rings (SSSR count). The molecule has 0 aromatic heterocycles. The van der Waals surface area contributed by atoms with Gasteiger partial charge in [-0.1, -0.05) is 23.7 Å². The van der Waals surface area contributed by atoms with Crippen molar-refractivity contribution in [2.24, 2.45) is 0 Å². The smallest absolute Gasteiger partial charge is 0.221 e. The molecular formula is C16H16ClNO3. The molecule has 1 amide bonds. The first-order valence-electron chi connectivity index (χ1n) is 6.41. The second-order valence-electron chi connectivity index (χ2n) is 4.46. The van der Waals surface area contributed by atoms with Crippen LogP contribution in [-0.2, 0) is 11.4 Å². The number of anilines is 1. The minimum atomic E-state index is -0.177. The molecule has 21 heavy (non-hydrogen) atoms. The van der Waals surface area contributed by atoms with Gasteiger partial charge >= 0.3 is 0 Å². The Labute approximate surface area is 128 Å². The standard InChI is InChI=1S/C16H16ClNO3/c1-11(19)18-15-9-13(17)6-7-16(15)21-10-12-4-3-5-14(8-12)20-2/h3-9H,10H2,1-2H3,(H,18,19). The van der Waals surface area contributed by atoms with Crippen LogP contribution in [0.5, 0.6) is 11.5 Å². The van der Waals surface area contributed by atoms with Crippen molar-refractivity contribution in [3.63, 3.8) is 0 Å². The van der Waals surface area contributed by atoms with Crippen LogP contribution in [0.2, 0.25) is 5.02 Å². The molecular weight excluding hydrogens is 290 g/mol. The van der Waals surface area contributed by atoms with Gasteiger partial charge in [-0.25, -0.2) is 0 Å². The quantitative estimate of drug-likeness (QED) is 0.911. The van der Waals surface area contributed by atoms with Crippen LogP contribution in [0, 0.1) is 0 Å². The van der Waals surface area contributed by atoms with Crippen molar-refractivity contribution in [3.05, 3.63) is 53.1 Å². The van der Waals surface area contributed by atoms with E-state index in [9.17, 15) is 4.79 Å². The fourth-order valence-corrected chi connectivity index (χ4v) is 2.01. The number of benzene rings is 2. The summed E-state index contributed by atoms with van der Waals surface area (Å²) in [5.74, 6) is 1.16. The van der Waals surface area contributed by atoms with Gasteiger partial charge in [-0.3, -0.25) is 4.79 Å². The normalized spacial score (nSPS) is 10.0. The second-order valence-corrected chi connectivity index (χ2v) is 4.90. The molecule has 0 bridgehead atoms. The van der Waals surface area contributed by atoms with Crippen molar-refractivity contribution in [2.75, 3.05) is 12.4 Å². The summed E-state index contributed by atoms with van der Waals surface area (Å²) in [6.07, 6.45) is 0. The number of hydrogen-bond donors (Lipinski definition) is 1. The minimum Gasteiger partial charge on any atom is -0.497 e. The van der Waals surface area contributed by atoms with Crippen LogP contribution in [0.25, 0.3) is 0 Å². The van der Waals surface area contributed by atoms with Gasteiger partial charge in [-0.05, 0) is 35.9 Å². The monoisotopic (exact) mass is 305 g/mol. The average molecular weight is 306 g/mol. The van der Waals surface area contributed by atoms with Gasteiger partial charge in [0.05, 0.1) is 12.8 Å².